The molecule has 3 nitrogen and oxygen atoms in total. The van der Waals surface area contributed by atoms with Crippen molar-refractivity contribution in [1.82, 2.24) is 10.4 Å². The summed E-state index contributed by atoms with van der Waals surface area (Å²) in [6.45, 7) is 6.18. The van der Waals surface area contributed by atoms with E-state index in [1.807, 2.05) is 5.01 Å². The molecule has 0 spiro atoms. The first-order valence-electron chi connectivity index (χ1n) is 5.16. The molecule has 1 amide bonds. The van der Waals surface area contributed by atoms with E-state index in [0.717, 1.165) is 25.9 Å². The Balaban J connectivity index is 1.90. The van der Waals surface area contributed by atoms with Crippen molar-refractivity contribution in [1.29, 1.82) is 0 Å². The maximum absolute atomic E-state index is 11.8. The molecule has 1 atom stereocenters. The van der Waals surface area contributed by atoms with Crippen LogP contribution in [0.2, 0.25) is 0 Å². The van der Waals surface area contributed by atoms with Gasteiger partial charge in [0.2, 0.25) is 5.91 Å². The fraction of sp³-hybridized carbons (Fsp3) is 0.900. The lowest BCUT2D eigenvalue weighted by atomic mass is 10.1. The van der Waals surface area contributed by atoms with Gasteiger partial charge in [-0.05, 0) is 24.7 Å². The first-order chi connectivity index (χ1) is 6.11. The topological polar surface area (TPSA) is 32.3 Å². The summed E-state index contributed by atoms with van der Waals surface area (Å²) in [5.41, 5.74) is 3.42. The minimum atomic E-state index is 0.260. The molecule has 1 aliphatic heterocycles. The van der Waals surface area contributed by atoms with Crippen LogP contribution in [0.1, 0.15) is 33.1 Å². The van der Waals surface area contributed by atoms with Gasteiger partial charge in [-0.15, -0.1) is 0 Å². The number of amides is 1. The van der Waals surface area contributed by atoms with Crippen molar-refractivity contribution in [3.05, 3.63) is 0 Å². The van der Waals surface area contributed by atoms with Crippen LogP contribution in [0, 0.1) is 11.3 Å². The van der Waals surface area contributed by atoms with E-state index in [2.05, 4.69) is 19.3 Å². The van der Waals surface area contributed by atoms with Gasteiger partial charge < -0.3 is 0 Å². The second-order valence-corrected chi connectivity index (χ2v) is 4.85. The maximum atomic E-state index is 11.8. The van der Waals surface area contributed by atoms with E-state index in [1.165, 1.54) is 6.42 Å². The Morgan fingerprint density at radius 1 is 1.46 bits per heavy atom. The Hall–Kier alpha value is -0.570. The van der Waals surface area contributed by atoms with Gasteiger partial charge in [0.25, 0.3) is 0 Å². The summed E-state index contributed by atoms with van der Waals surface area (Å²) in [4.78, 5) is 11.8. The average Bonchev–Trinajstić information content (AvgIpc) is 2.76. The van der Waals surface area contributed by atoms with E-state index >= 15 is 0 Å². The number of rotatable bonds is 1. The Labute approximate surface area is 79.5 Å². The van der Waals surface area contributed by atoms with Crippen LogP contribution in [-0.4, -0.2) is 24.0 Å². The maximum Gasteiger partial charge on any atom is 0.240 e. The predicted octanol–water partition coefficient (Wildman–Crippen LogP) is 1.16. The zero-order chi connectivity index (χ0) is 9.47. The summed E-state index contributed by atoms with van der Waals surface area (Å²) in [5, 5.41) is 1.82. The van der Waals surface area contributed by atoms with Crippen LogP contribution in [0.5, 0.6) is 0 Å². The van der Waals surface area contributed by atoms with Crippen molar-refractivity contribution in [3.8, 4) is 0 Å². The molecule has 2 fully saturated rings. The minimum absolute atomic E-state index is 0.260. The van der Waals surface area contributed by atoms with Crippen LogP contribution in [0.15, 0.2) is 0 Å². The molecule has 0 aromatic rings. The minimum Gasteiger partial charge on any atom is -0.278 e. The van der Waals surface area contributed by atoms with Gasteiger partial charge in [-0.25, -0.2) is 5.43 Å². The molecule has 1 aliphatic carbocycles. The van der Waals surface area contributed by atoms with E-state index in [1.54, 1.807) is 0 Å². The number of hydrazine groups is 1. The van der Waals surface area contributed by atoms with Gasteiger partial charge in [0, 0.05) is 19.0 Å². The molecule has 0 aromatic heterocycles. The number of nitrogens with zero attached hydrogens (tertiary/aromatic N) is 1. The van der Waals surface area contributed by atoms with Crippen molar-refractivity contribution in [2.75, 3.05) is 13.1 Å². The van der Waals surface area contributed by atoms with Crippen LogP contribution in [0.3, 0.4) is 0 Å². The molecule has 1 saturated carbocycles. The molecular weight excluding hydrogens is 164 g/mol. The van der Waals surface area contributed by atoms with Gasteiger partial charge in [0.15, 0.2) is 0 Å². The Morgan fingerprint density at radius 2 is 2.15 bits per heavy atom. The third kappa shape index (κ3) is 1.70. The summed E-state index contributed by atoms with van der Waals surface area (Å²) < 4.78 is 0. The summed E-state index contributed by atoms with van der Waals surface area (Å²) in [7, 11) is 0. The summed E-state index contributed by atoms with van der Waals surface area (Å²) >= 11 is 0. The van der Waals surface area contributed by atoms with Gasteiger partial charge in [-0.3, -0.25) is 9.80 Å². The first kappa shape index (κ1) is 9.00. The molecule has 2 rings (SSSR count). The monoisotopic (exact) mass is 182 g/mol. The molecule has 13 heavy (non-hydrogen) atoms. The summed E-state index contributed by atoms with van der Waals surface area (Å²) in [6.07, 6.45) is 3.40. The largest absolute Gasteiger partial charge is 0.278 e. The highest BCUT2D eigenvalue weighted by Gasteiger charge is 2.52. The van der Waals surface area contributed by atoms with Crippen molar-refractivity contribution < 1.29 is 4.79 Å². The van der Waals surface area contributed by atoms with E-state index < -0.39 is 0 Å². The van der Waals surface area contributed by atoms with Crippen LogP contribution in [0.25, 0.3) is 0 Å². The fourth-order valence-corrected chi connectivity index (χ4v) is 1.95. The molecule has 74 valence electrons. The average molecular weight is 182 g/mol. The van der Waals surface area contributed by atoms with Crippen molar-refractivity contribution in [2.45, 2.75) is 33.1 Å². The number of nitrogens with one attached hydrogen (secondary N) is 1. The molecule has 0 radical (unpaired) electrons. The van der Waals surface area contributed by atoms with Crippen LogP contribution >= 0.6 is 0 Å². The highest BCUT2D eigenvalue weighted by molar-refractivity contribution is 5.82. The third-order valence-electron chi connectivity index (χ3n) is 3.19. The highest BCUT2D eigenvalue weighted by atomic mass is 16.2. The van der Waals surface area contributed by atoms with Gasteiger partial charge in [0.05, 0.1) is 0 Å². The van der Waals surface area contributed by atoms with Gasteiger partial charge in [-0.1, -0.05) is 13.8 Å². The van der Waals surface area contributed by atoms with Crippen LogP contribution < -0.4 is 5.43 Å². The molecule has 0 aromatic carbocycles. The molecule has 0 bridgehead atoms. The zero-order valence-electron chi connectivity index (χ0n) is 8.47. The quantitative estimate of drug-likeness (QED) is 0.660. The molecule has 1 saturated heterocycles. The Bertz CT molecular complexity index is 219. The van der Waals surface area contributed by atoms with Crippen molar-refractivity contribution in [2.24, 2.45) is 11.3 Å². The van der Waals surface area contributed by atoms with Crippen molar-refractivity contribution >= 4 is 5.91 Å². The molecule has 1 heterocycles. The standard InChI is InChI=1S/C10H18N2O/c1-10(2)7-8(10)9(13)12-6-4-3-5-11-12/h8,11H,3-7H2,1-2H3/t8-/m1/s1. The zero-order valence-corrected chi connectivity index (χ0v) is 8.47. The highest BCUT2D eigenvalue weighted by Crippen LogP contribution is 2.52. The van der Waals surface area contributed by atoms with Crippen LogP contribution in [-0.2, 0) is 4.79 Å². The third-order valence-corrected chi connectivity index (χ3v) is 3.19. The lowest BCUT2D eigenvalue weighted by Gasteiger charge is -2.28. The molecular formula is C10H18N2O. The summed E-state index contributed by atoms with van der Waals surface area (Å²) in [5.74, 6) is 0.586. The predicted molar refractivity (Wildman–Crippen MR) is 50.8 cm³/mol. The van der Waals surface area contributed by atoms with Crippen molar-refractivity contribution in [3.63, 3.8) is 0 Å². The second kappa shape index (κ2) is 2.98. The molecule has 1 N–H and O–H groups in total. The van der Waals surface area contributed by atoms with E-state index in [-0.39, 0.29) is 11.3 Å². The van der Waals surface area contributed by atoms with Gasteiger partial charge in [-0.2, -0.15) is 0 Å². The molecule has 0 unspecified atom stereocenters. The normalized spacial score (nSPS) is 31.5. The number of hydrogen-bond acceptors (Lipinski definition) is 2. The Kier molecular flexibility index (Phi) is 2.06. The van der Waals surface area contributed by atoms with E-state index in [4.69, 9.17) is 0 Å². The number of hydrogen-bond donors (Lipinski definition) is 1. The number of carbonyl (C=O) groups is 1. The number of carbonyl (C=O) groups excluding carboxylic acids is 1. The van der Waals surface area contributed by atoms with Crippen LogP contribution in [0.4, 0.5) is 0 Å². The van der Waals surface area contributed by atoms with E-state index in [9.17, 15) is 4.79 Å². The van der Waals surface area contributed by atoms with Gasteiger partial charge >= 0.3 is 0 Å². The summed E-state index contributed by atoms with van der Waals surface area (Å²) in [6, 6.07) is 0. The molecule has 2 aliphatic rings. The second-order valence-electron chi connectivity index (χ2n) is 4.85. The molecule has 3 heteroatoms. The SMILES string of the molecule is CC1(C)C[C@@H]1C(=O)N1CCCCN1. The fourth-order valence-electron chi connectivity index (χ4n) is 1.95. The lowest BCUT2D eigenvalue weighted by Crippen LogP contribution is -2.48. The Morgan fingerprint density at radius 3 is 2.62 bits per heavy atom. The van der Waals surface area contributed by atoms with Gasteiger partial charge in [0.1, 0.15) is 0 Å². The van der Waals surface area contributed by atoms with E-state index in [0.29, 0.717) is 5.91 Å². The smallest absolute Gasteiger partial charge is 0.240 e. The first-order valence-corrected chi connectivity index (χ1v) is 5.16. The lowest BCUT2D eigenvalue weighted by molar-refractivity contribution is -0.137.